The Morgan fingerprint density at radius 3 is 2.79 bits per heavy atom. The van der Waals surface area contributed by atoms with E-state index in [9.17, 15) is 0 Å². The standard InChI is InChI=1S/C22H34O2/c1-21-10-4-5-19(21)18-7-6-16-15-17(24-14-13-23-3)8-12-22(16,2)20(18)9-11-21/h6,15,18-20H,4-5,7-14H2,1-3H3/t18-,19-,20-,21-,22-/m0/s1. The molecule has 24 heavy (non-hydrogen) atoms. The topological polar surface area (TPSA) is 18.5 Å². The summed E-state index contributed by atoms with van der Waals surface area (Å²) in [5.74, 6) is 3.99. The van der Waals surface area contributed by atoms with Gasteiger partial charge < -0.3 is 9.47 Å². The van der Waals surface area contributed by atoms with E-state index in [0.717, 1.165) is 24.2 Å². The molecule has 0 bridgehead atoms. The van der Waals surface area contributed by atoms with Crippen LogP contribution in [0, 0.1) is 28.6 Å². The van der Waals surface area contributed by atoms with Gasteiger partial charge in [0.05, 0.1) is 12.4 Å². The van der Waals surface area contributed by atoms with Crippen molar-refractivity contribution in [2.24, 2.45) is 28.6 Å². The third-order valence-electron chi connectivity index (χ3n) is 8.09. The van der Waals surface area contributed by atoms with Gasteiger partial charge in [0.2, 0.25) is 0 Å². The first-order valence-electron chi connectivity index (χ1n) is 10.1. The third kappa shape index (κ3) is 2.57. The van der Waals surface area contributed by atoms with E-state index in [2.05, 4.69) is 26.0 Å². The highest BCUT2D eigenvalue weighted by atomic mass is 16.5. The monoisotopic (exact) mass is 330 g/mol. The maximum absolute atomic E-state index is 5.93. The maximum Gasteiger partial charge on any atom is 0.111 e. The lowest BCUT2D eigenvalue weighted by atomic mass is 9.49. The molecule has 2 heteroatoms. The molecular formula is C22H34O2. The molecule has 4 aliphatic carbocycles. The predicted molar refractivity (Wildman–Crippen MR) is 97.6 cm³/mol. The van der Waals surface area contributed by atoms with E-state index in [-0.39, 0.29) is 0 Å². The van der Waals surface area contributed by atoms with Crippen molar-refractivity contribution in [3.63, 3.8) is 0 Å². The number of hydrogen-bond acceptors (Lipinski definition) is 2. The molecule has 5 atom stereocenters. The summed E-state index contributed by atoms with van der Waals surface area (Å²) in [6, 6.07) is 0. The minimum absolute atomic E-state index is 0.390. The van der Waals surface area contributed by atoms with Crippen LogP contribution < -0.4 is 0 Å². The lowest BCUT2D eigenvalue weighted by Crippen LogP contribution is -2.47. The smallest absolute Gasteiger partial charge is 0.111 e. The van der Waals surface area contributed by atoms with Crippen LogP contribution in [0.15, 0.2) is 23.5 Å². The first-order chi connectivity index (χ1) is 11.6. The lowest BCUT2D eigenvalue weighted by Gasteiger charge is -2.56. The summed E-state index contributed by atoms with van der Waals surface area (Å²) in [6.45, 7) is 6.50. The van der Waals surface area contributed by atoms with Crippen LogP contribution in [0.25, 0.3) is 0 Å². The number of methoxy groups -OCH3 is 1. The van der Waals surface area contributed by atoms with Gasteiger partial charge in [0.15, 0.2) is 0 Å². The average Bonchev–Trinajstić information content (AvgIpc) is 2.97. The Morgan fingerprint density at radius 2 is 1.96 bits per heavy atom. The molecule has 0 spiro atoms. The van der Waals surface area contributed by atoms with Crippen LogP contribution in [0.2, 0.25) is 0 Å². The van der Waals surface area contributed by atoms with E-state index in [4.69, 9.17) is 9.47 Å². The summed E-state index contributed by atoms with van der Waals surface area (Å²) in [6.07, 6.45) is 15.9. The Labute approximate surface area is 147 Å². The maximum atomic E-state index is 5.93. The molecule has 0 heterocycles. The summed E-state index contributed by atoms with van der Waals surface area (Å²) >= 11 is 0. The van der Waals surface area contributed by atoms with Crippen LogP contribution in [-0.2, 0) is 9.47 Å². The van der Waals surface area contributed by atoms with Crippen LogP contribution in [-0.4, -0.2) is 20.3 Å². The molecule has 134 valence electrons. The Hall–Kier alpha value is -0.760. The molecule has 0 aliphatic heterocycles. The summed E-state index contributed by atoms with van der Waals surface area (Å²) < 4.78 is 11.0. The molecule has 0 aromatic carbocycles. The summed E-state index contributed by atoms with van der Waals surface area (Å²) in [7, 11) is 1.74. The van der Waals surface area contributed by atoms with Crippen molar-refractivity contribution < 1.29 is 9.47 Å². The summed E-state index contributed by atoms with van der Waals surface area (Å²) in [4.78, 5) is 0. The Balaban J connectivity index is 1.56. The number of ether oxygens (including phenoxy) is 2. The molecule has 4 rings (SSSR count). The van der Waals surface area contributed by atoms with E-state index in [0.29, 0.717) is 24.0 Å². The van der Waals surface area contributed by atoms with Gasteiger partial charge in [-0.3, -0.25) is 0 Å². The molecular weight excluding hydrogens is 296 g/mol. The van der Waals surface area contributed by atoms with Crippen molar-refractivity contribution in [3.8, 4) is 0 Å². The van der Waals surface area contributed by atoms with Gasteiger partial charge >= 0.3 is 0 Å². The van der Waals surface area contributed by atoms with Crippen molar-refractivity contribution in [1.82, 2.24) is 0 Å². The molecule has 2 fully saturated rings. The van der Waals surface area contributed by atoms with Crippen LogP contribution >= 0.6 is 0 Å². The quantitative estimate of drug-likeness (QED) is 0.634. The molecule has 0 unspecified atom stereocenters. The third-order valence-corrected chi connectivity index (χ3v) is 8.09. The second kappa shape index (κ2) is 6.20. The summed E-state index contributed by atoms with van der Waals surface area (Å²) in [5, 5.41) is 0. The second-order valence-electron chi connectivity index (χ2n) is 9.23. The zero-order valence-electron chi connectivity index (χ0n) is 15.8. The number of fused-ring (bicyclic) bond motifs is 5. The van der Waals surface area contributed by atoms with Gasteiger partial charge in [-0.15, -0.1) is 0 Å². The summed E-state index contributed by atoms with van der Waals surface area (Å²) in [5.41, 5.74) is 2.62. The minimum atomic E-state index is 0.390. The normalized spacial score (nSPS) is 44.0. The predicted octanol–water partition coefficient (Wildman–Crippen LogP) is 5.50. The van der Waals surface area contributed by atoms with Crippen molar-refractivity contribution in [2.75, 3.05) is 20.3 Å². The fourth-order valence-electron chi connectivity index (χ4n) is 6.66. The molecule has 4 aliphatic rings. The van der Waals surface area contributed by atoms with Gasteiger partial charge in [-0.25, -0.2) is 0 Å². The molecule has 0 radical (unpaired) electrons. The second-order valence-corrected chi connectivity index (χ2v) is 9.23. The Kier molecular flexibility index (Phi) is 4.31. The molecule has 0 aromatic heterocycles. The van der Waals surface area contributed by atoms with Crippen LogP contribution in [0.1, 0.15) is 65.2 Å². The van der Waals surface area contributed by atoms with Crippen molar-refractivity contribution in [3.05, 3.63) is 23.5 Å². The highest BCUT2D eigenvalue weighted by molar-refractivity contribution is 5.35. The molecule has 0 N–H and O–H groups in total. The van der Waals surface area contributed by atoms with Crippen LogP contribution in [0.3, 0.4) is 0 Å². The average molecular weight is 331 g/mol. The van der Waals surface area contributed by atoms with E-state index < -0.39 is 0 Å². The highest BCUT2D eigenvalue weighted by Gasteiger charge is 2.55. The van der Waals surface area contributed by atoms with Crippen LogP contribution in [0.5, 0.6) is 0 Å². The van der Waals surface area contributed by atoms with E-state index in [1.807, 2.05) is 0 Å². The molecule has 0 aromatic rings. The number of hydrogen-bond donors (Lipinski definition) is 0. The zero-order valence-corrected chi connectivity index (χ0v) is 15.8. The highest BCUT2D eigenvalue weighted by Crippen LogP contribution is 2.64. The first-order valence-corrected chi connectivity index (χ1v) is 10.1. The fraction of sp³-hybridized carbons (Fsp3) is 0.818. The number of allylic oxidation sites excluding steroid dienone is 4. The van der Waals surface area contributed by atoms with Gasteiger partial charge in [0.25, 0.3) is 0 Å². The Morgan fingerprint density at radius 1 is 1.08 bits per heavy atom. The molecule has 0 amide bonds. The van der Waals surface area contributed by atoms with E-state index >= 15 is 0 Å². The van der Waals surface area contributed by atoms with Gasteiger partial charge in [0, 0.05) is 13.5 Å². The Bertz CT molecular complexity index is 548. The van der Waals surface area contributed by atoms with Crippen molar-refractivity contribution in [2.45, 2.75) is 65.2 Å². The van der Waals surface area contributed by atoms with Crippen molar-refractivity contribution in [1.29, 1.82) is 0 Å². The minimum Gasteiger partial charge on any atom is -0.496 e. The molecule has 2 saturated carbocycles. The number of rotatable bonds is 4. The first kappa shape index (κ1) is 16.7. The van der Waals surface area contributed by atoms with Crippen molar-refractivity contribution >= 4 is 0 Å². The largest absolute Gasteiger partial charge is 0.496 e. The van der Waals surface area contributed by atoms with Gasteiger partial charge in [-0.2, -0.15) is 0 Å². The molecule has 2 nitrogen and oxygen atoms in total. The van der Waals surface area contributed by atoms with E-state index in [1.54, 1.807) is 12.7 Å². The zero-order chi connectivity index (χ0) is 16.8. The van der Waals surface area contributed by atoms with Gasteiger partial charge in [-0.1, -0.05) is 26.3 Å². The fourth-order valence-corrected chi connectivity index (χ4v) is 6.66. The van der Waals surface area contributed by atoms with Crippen LogP contribution in [0.4, 0.5) is 0 Å². The lowest BCUT2D eigenvalue weighted by molar-refractivity contribution is -0.0210. The van der Waals surface area contributed by atoms with Gasteiger partial charge in [-0.05, 0) is 78.8 Å². The SMILES string of the molecule is COCCOC1=CC2=CC[C@H]3[C@@H]4CCC[C@@]4(C)CC[C@@H]3[C@@]2(C)CC1. The molecule has 0 saturated heterocycles. The van der Waals surface area contributed by atoms with Gasteiger partial charge in [0.1, 0.15) is 6.61 Å². The van der Waals surface area contributed by atoms with E-state index in [1.165, 1.54) is 50.7 Å².